The lowest BCUT2D eigenvalue weighted by molar-refractivity contribution is 0.304. The number of benzene rings is 1. The van der Waals surface area contributed by atoms with Crippen LogP contribution >= 0.6 is 11.3 Å². The number of hydrogen-bond donors (Lipinski definition) is 1. The minimum atomic E-state index is 0.125. The Morgan fingerprint density at radius 1 is 1.42 bits per heavy atom. The number of hydrogen-bond acceptors (Lipinski definition) is 5. The molecule has 0 radical (unpaired) electrons. The van der Waals surface area contributed by atoms with Gasteiger partial charge >= 0.3 is 0 Å². The van der Waals surface area contributed by atoms with Gasteiger partial charge in [0.2, 0.25) is 0 Å². The van der Waals surface area contributed by atoms with Crippen LogP contribution in [0, 0.1) is 11.3 Å². The molecular formula is C19H19N3OS. The number of likely N-dealkylation sites (N-methyl/N-ethyl adjacent to an activating group) is 1. The number of nitrogens with zero attached hydrogens (tertiary/aromatic N) is 3. The van der Waals surface area contributed by atoms with Crippen molar-refractivity contribution in [2.24, 2.45) is 0 Å². The van der Waals surface area contributed by atoms with E-state index in [1.54, 1.807) is 11.3 Å². The molecule has 0 amide bonds. The summed E-state index contributed by atoms with van der Waals surface area (Å²) in [5, 5.41) is 19.3. The first-order valence-corrected chi connectivity index (χ1v) is 8.73. The summed E-state index contributed by atoms with van der Waals surface area (Å²) in [5.74, 6) is 0. The minimum absolute atomic E-state index is 0.125. The molecule has 1 heterocycles. The summed E-state index contributed by atoms with van der Waals surface area (Å²) in [5.41, 5.74) is 3.70. The van der Waals surface area contributed by atoms with Crippen LogP contribution in [0.4, 0.5) is 5.69 Å². The molecule has 0 unspecified atom stereocenters. The molecule has 5 heteroatoms. The van der Waals surface area contributed by atoms with Crippen molar-refractivity contribution < 1.29 is 5.11 Å². The van der Waals surface area contributed by atoms with E-state index in [9.17, 15) is 5.26 Å². The first kappa shape index (κ1) is 16.4. The molecule has 0 saturated carbocycles. The van der Waals surface area contributed by atoms with Crippen molar-refractivity contribution in [3.63, 3.8) is 0 Å². The lowest BCUT2D eigenvalue weighted by Gasteiger charge is -2.17. The van der Waals surface area contributed by atoms with Crippen LogP contribution in [-0.2, 0) is 6.42 Å². The SMILES string of the molecule is CN(CCO)c1ccc(/C=C(\C#N)c2nc3c(s2)C=CCC3)cc1. The Morgan fingerprint density at radius 3 is 2.88 bits per heavy atom. The predicted octanol–water partition coefficient (Wildman–Crippen LogP) is 3.60. The average Bonchev–Trinajstić information content (AvgIpc) is 3.04. The van der Waals surface area contributed by atoms with Gasteiger partial charge in [-0.15, -0.1) is 11.3 Å². The molecule has 1 N–H and O–H groups in total. The van der Waals surface area contributed by atoms with Gasteiger partial charge in [-0.05, 0) is 42.7 Å². The molecule has 0 fully saturated rings. The number of allylic oxidation sites excluding steroid dienone is 2. The maximum atomic E-state index is 9.51. The molecule has 1 aliphatic rings. The molecule has 0 bridgehead atoms. The highest BCUT2D eigenvalue weighted by molar-refractivity contribution is 7.13. The zero-order valence-corrected chi connectivity index (χ0v) is 14.4. The van der Waals surface area contributed by atoms with Gasteiger partial charge in [-0.1, -0.05) is 18.2 Å². The van der Waals surface area contributed by atoms with E-state index >= 15 is 0 Å². The van der Waals surface area contributed by atoms with E-state index in [1.165, 1.54) is 4.88 Å². The fourth-order valence-corrected chi connectivity index (χ4v) is 3.62. The van der Waals surface area contributed by atoms with Gasteiger partial charge in [0.1, 0.15) is 11.1 Å². The van der Waals surface area contributed by atoms with Gasteiger partial charge in [0.15, 0.2) is 0 Å². The van der Waals surface area contributed by atoms with Crippen molar-refractivity contribution in [2.45, 2.75) is 12.8 Å². The quantitative estimate of drug-likeness (QED) is 0.847. The number of aliphatic hydroxyl groups excluding tert-OH is 1. The fraction of sp³-hybridized carbons (Fsp3) is 0.263. The molecule has 0 spiro atoms. The van der Waals surface area contributed by atoms with E-state index in [1.807, 2.05) is 42.3 Å². The number of rotatable bonds is 5. The number of aliphatic hydroxyl groups is 1. The minimum Gasteiger partial charge on any atom is -0.395 e. The van der Waals surface area contributed by atoms with Crippen LogP contribution in [0.2, 0.25) is 0 Å². The largest absolute Gasteiger partial charge is 0.395 e. The van der Waals surface area contributed by atoms with Crippen LogP contribution in [0.5, 0.6) is 0 Å². The van der Waals surface area contributed by atoms with Crippen LogP contribution in [0.1, 0.15) is 27.6 Å². The van der Waals surface area contributed by atoms with Gasteiger partial charge in [-0.2, -0.15) is 5.26 Å². The highest BCUT2D eigenvalue weighted by Gasteiger charge is 2.14. The average molecular weight is 337 g/mol. The smallest absolute Gasteiger partial charge is 0.134 e. The molecule has 3 rings (SSSR count). The first-order chi connectivity index (χ1) is 11.7. The maximum Gasteiger partial charge on any atom is 0.134 e. The van der Waals surface area contributed by atoms with Crippen LogP contribution in [-0.4, -0.2) is 30.3 Å². The van der Waals surface area contributed by atoms with Crippen LogP contribution in [0.3, 0.4) is 0 Å². The van der Waals surface area contributed by atoms with Gasteiger partial charge in [0.25, 0.3) is 0 Å². The summed E-state index contributed by atoms with van der Waals surface area (Å²) in [4.78, 5) is 7.78. The number of nitriles is 1. The number of aryl methyl sites for hydroxylation is 1. The van der Waals surface area contributed by atoms with E-state index in [2.05, 4.69) is 23.2 Å². The Bertz CT molecular complexity index is 812. The fourth-order valence-electron chi connectivity index (χ4n) is 2.61. The highest BCUT2D eigenvalue weighted by atomic mass is 32.1. The molecular weight excluding hydrogens is 318 g/mol. The number of fused-ring (bicyclic) bond motifs is 1. The van der Waals surface area contributed by atoms with Gasteiger partial charge in [-0.3, -0.25) is 0 Å². The number of anilines is 1. The van der Waals surface area contributed by atoms with E-state index in [0.717, 1.165) is 34.8 Å². The van der Waals surface area contributed by atoms with E-state index < -0.39 is 0 Å². The van der Waals surface area contributed by atoms with Crippen LogP contribution < -0.4 is 4.90 Å². The van der Waals surface area contributed by atoms with E-state index in [0.29, 0.717) is 12.1 Å². The first-order valence-electron chi connectivity index (χ1n) is 7.91. The van der Waals surface area contributed by atoms with E-state index in [4.69, 9.17) is 5.11 Å². The molecule has 0 atom stereocenters. The van der Waals surface area contributed by atoms with Crippen molar-refractivity contribution in [3.05, 3.63) is 51.5 Å². The molecule has 1 aromatic heterocycles. The van der Waals surface area contributed by atoms with Crippen molar-refractivity contribution in [1.29, 1.82) is 5.26 Å². The second kappa shape index (κ2) is 7.43. The number of thiazole rings is 1. The zero-order chi connectivity index (χ0) is 16.9. The van der Waals surface area contributed by atoms with Crippen LogP contribution in [0.15, 0.2) is 30.3 Å². The number of aromatic nitrogens is 1. The third kappa shape index (κ3) is 3.56. The lowest BCUT2D eigenvalue weighted by Crippen LogP contribution is -2.20. The monoisotopic (exact) mass is 337 g/mol. The highest BCUT2D eigenvalue weighted by Crippen LogP contribution is 2.30. The van der Waals surface area contributed by atoms with Gasteiger partial charge in [0.05, 0.1) is 22.8 Å². The van der Waals surface area contributed by atoms with E-state index in [-0.39, 0.29) is 6.61 Å². The molecule has 0 saturated heterocycles. The molecule has 0 aliphatic heterocycles. The normalized spacial score (nSPS) is 13.5. The summed E-state index contributed by atoms with van der Waals surface area (Å²) in [6, 6.07) is 10.2. The summed E-state index contributed by atoms with van der Waals surface area (Å²) in [7, 11) is 1.94. The Hall–Kier alpha value is -2.42. The Labute approximate surface area is 146 Å². The van der Waals surface area contributed by atoms with Crippen molar-refractivity contribution in [1.82, 2.24) is 4.98 Å². The summed E-state index contributed by atoms with van der Waals surface area (Å²) >= 11 is 1.58. The third-order valence-corrected chi connectivity index (χ3v) is 5.07. The summed E-state index contributed by atoms with van der Waals surface area (Å²) in [6.45, 7) is 0.719. The summed E-state index contributed by atoms with van der Waals surface area (Å²) in [6.07, 6.45) is 8.10. The van der Waals surface area contributed by atoms with Crippen LogP contribution in [0.25, 0.3) is 17.7 Å². The Balaban J connectivity index is 1.84. The lowest BCUT2D eigenvalue weighted by atomic mass is 10.1. The molecule has 1 aromatic carbocycles. The molecule has 1 aliphatic carbocycles. The Morgan fingerprint density at radius 2 is 2.21 bits per heavy atom. The second-order valence-corrected chi connectivity index (χ2v) is 6.71. The molecule has 4 nitrogen and oxygen atoms in total. The van der Waals surface area contributed by atoms with Gasteiger partial charge < -0.3 is 10.0 Å². The van der Waals surface area contributed by atoms with Crippen molar-refractivity contribution in [3.8, 4) is 6.07 Å². The zero-order valence-electron chi connectivity index (χ0n) is 13.6. The molecule has 122 valence electrons. The predicted molar refractivity (Wildman–Crippen MR) is 99.8 cm³/mol. The maximum absolute atomic E-state index is 9.51. The molecule has 2 aromatic rings. The topological polar surface area (TPSA) is 60.1 Å². The Kier molecular flexibility index (Phi) is 5.09. The second-order valence-electron chi connectivity index (χ2n) is 5.68. The standard InChI is InChI=1S/C19H19N3OS/c1-22(10-11-23)16-8-6-14(7-9-16)12-15(13-20)19-21-17-4-2-3-5-18(17)24-19/h3,5-9,12,23H,2,4,10-11H2,1H3/b15-12+. The third-order valence-electron chi connectivity index (χ3n) is 3.98. The van der Waals surface area contributed by atoms with Crippen molar-refractivity contribution in [2.75, 3.05) is 25.1 Å². The summed E-state index contributed by atoms with van der Waals surface area (Å²) < 4.78 is 0. The van der Waals surface area contributed by atoms with Gasteiger partial charge in [0, 0.05) is 19.3 Å². The molecule has 24 heavy (non-hydrogen) atoms. The van der Waals surface area contributed by atoms with Gasteiger partial charge in [-0.25, -0.2) is 4.98 Å². The van der Waals surface area contributed by atoms with Crippen molar-refractivity contribution >= 4 is 34.7 Å².